The quantitative estimate of drug-likeness (QED) is 0.645. The summed E-state index contributed by atoms with van der Waals surface area (Å²) >= 11 is 4.81. The van der Waals surface area contributed by atoms with Crippen molar-refractivity contribution in [1.82, 2.24) is 10.2 Å². The second kappa shape index (κ2) is 3.71. The Morgan fingerprint density at radius 3 is 2.53 bits per heavy atom. The number of phenolic OH excluding ortho intramolecular Hbond substituents is 1. The Balaban J connectivity index is 2.29. The van der Waals surface area contributed by atoms with Crippen molar-refractivity contribution in [3.63, 3.8) is 0 Å². The summed E-state index contributed by atoms with van der Waals surface area (Å²) in [7, 11) is 0. The smallest absolute Gasteiger partial charge is 0.284 e. The van der Waals surface area contributed by atoms with Crippen molar-refractivity contribution in [3.8, 4) is 17.2 Å². The van der Waals surface area contributed by atoms with E-state index in [1.165, 1.54) is 0 Å². The van der Waals surface area contributed by atoms with Crippen molar-refractivity contribution < 1.29 is 9.52 Å². The fourth-order valence-electron chi connectivity index (χ4n) is 1.74. The highest BCUT2D eigenvalue weighted by Gasteiger charge is 2.10. The number of benzene rings is 2. The van der Waals surface area contributed by atoms with Gasteiger partial charge in [-0.05, 0) is 35.1 Å². The van der Waals surface area contributed by atoms with E-state index in [0.717, 1.165) is 10.8 Å². The Morgan fingerprint density at radius 2 is 1.88 bits per heavy atom. The zero-order valence-corrected chi connectivity index (χ0v) is 9.49. The van der Waals surface area contributed by atoms with E-state index < -0.39 is 0 Å². The molecule has 2 aromatic carbocycles. The SMILES string of the molecule is Oc1cc2ccccc2cc1-c1n[nH]c(=S)o1. The third-order valence-corrected chi connectivity index (χ3v) is 2.71. The van der Waals surface area contributed by atoms with Crippen LogP contribution in [0.3, 0.4) is 0 Å². The summed E-state index contributed by atoms with van der Waals surface area (Å²) in [6.07, 6.45) is 0. The van der Waals surface area contributed by atoms with Crippen LogP contribution >= 0.6 is 12.2 Å². The highest BCUT2D eigenvalue weighted by molar-refractivity contribution is 7.71. The molecule has 0 spiro atoms. The molecule has 0 aliphatic carbocycles. The predicted molar refractivity (Wildman–Crippen MR) is 66.3 cm³/mol. The molecule has 3 aromatic rings. The minimum atomic E-state index is 0.119. The molecule has 1 aromatic heterocycles. The monoisotopic (exact) mass is 244 g/mol. The van der Waals surface area contributed by atoms with E-state index >= 15 is 0 Å². The maximum absolute atomic E-state index is 9.92. The third-order valence-electron chi connectivity index (χ3n) is 2.53. The molecule has 0 saturated heterocycles. The molecule has 0 bridgehead atoms. The first-order valence-corrected chi connectivity index (χ1v) is 5.42. The number of phenols is 1. The molecular weight excluding hydrogens is 236 g/mol. The molecule has 5 heteroatoms. The van der Waals surface area contributed by atoms with Gasteiger partial charge in [0.15, 0.2) is 0 Å². The molecule has 0 aliphatic heterocycles. The minimum absolute atomic E-state index is 0.119. The molecule has 17 heavy (non-hydrogen) atoms. The van der Waals surface area contributed by atoms with E-state index in [-0.39, 0.29) is 10.6 Å². The maximum Gasteiger partial charge on any atom is 0.284 e. The number of aromatic hydroxyl groups is 1. The van der Waals surface area contributed by atoms with Crippen molar-refractivity contribution >= 4 is 23.0 Å². The molecule has 0 fully saturated rings. The molecule has 2 N–H and O–H groups in total. The number of aromatic nitrogens is 2. The molecule has 0 saturated carbocycles. The van der Waals surface area contributed by atoms with Gasteiger partial charge in [0.05, 0.1) is 5.56 Å². The molecule has 0 aliphatic rings. The van der Waals surface area contributed by atoms with Crippen molar-refractivity contribution in [3.05, 3.63) is 41.2 Å². The summed E-state index contributed by atoms with van der Waals surface area (Å²) in [5, 5.41) is 18.3. The van der Waals surface area contributed by atoms with E-state index in [9.17, 15) is 5.11 Å². The Bertz CT molecular complexity index is 745. The van der Waals surface area contributed by atoms with E-state index in [4.69, 9.17) is 16.6 Å². The molecule has 0 radical (unpaired) electrons. The average molecular weight is 244 g/mol. The van der Waals surface area contributed by atoms with Crippen LogP contribution in [-0.4, -0.2) is 15.3 Å². The maximum atomic E-state index is 9.92. The van der Waals surface area contributed by atoms with Crippen LogP contribution in [0.1, 0.15) is 0 Å². The van der Waals surface area contributed by atoms with Crippen LogP contribution < -0.4 is 0 Å². The number of rotatable bonds is 1. The van der Waals surface area contributed by atoms with Crippen LogP contribution in [0, 0.1) is 4.84 Å². The van der Waals surface area contributed by atoms with Crippen LogP contribution in [0.2, 0.25) is 0 Å². The molecular formula is C12H8N2O2S. The standard InChI is InChI=1S/C12H8N2O2S/c15-10-6-8-4-2-1-3-7(8)5-9(10)11-13-14-12(17)16-11/h1-6,15H,(H,14,17). The third kappa shape index (κ3) is 1.70. The number of hydrogen-bond acceptors (Lipinski definition) is 4. The van der Waals surface area contributed by atoms with Crippen molar-refractivity contribution in [1.29, 1.82) is 0 Å². The first kappa shape index (κ1) is 10.0. The lowest BCUT2D eigenvalue weighted by Gasteiger charge is -2.03. The molecule has 0 atom stereocenters. The molecule has 0 amide bonds. The van der Waals surface area contributed by atoms with Gasteiger partial charge in [-0.25, -0.2) is 5.10 Å². The van der Waals surface area contributed by atoms with Crippen LogP contribution in [0.15, 0.2) is 40.8 Å². The zero-order chi connectivity index (χ0) is 11.8. The molecule has 1 heterocycles. The largest absolute Gasteiger partial charge is 0.507 e. The van der Waals surface area contributed by atoms with Crippen LogP contribution in [0.4, 0.5) is 0 Å². The van der Waals surface area contributed by atoms with Gasteiger partial charge in [-0.3, -0.25) is 0 Å². The lowest BCUT2D eigenvalue weighted by molar-refractivity contribution is 0.473. The van der Waals surface area contributed by atoms with Crippen molar-refractivity contribution in [2.45, 2.75) is 0 Å². The molecule has 0 unspecified atom stereocenters. The van der Waals surface area contributed by atoms with Gasteiger partial charge in [0.2, 0.25) is 5.89 Å². The van der Waals surface area contributed by atoms with Gasteiger partial charge >= 0.3 is 0 Å². The predicted octanol–water partition coefficient (Wildman–Crippen LogP) is 3.26. The lowest BCUT2D eigenvalue weighted by Crippen LogP contribution is -1.81. The minimum Gasteiger partial charge on any atom is -0.507 e. The number of fused-ring (bicyclic) bond motifs is 1. The first-order chi connectivity index (χ1) is 8.24. The Morgan fingerprint density at radius 1 is 1.18 bits per heavy atom. The van der Waals surface area contributed by atoms with Crippen LogP contribution in [-0.2, 0) is 0 Å². The Hall–Kier alpha value is -2.14. The van der Waals surface area contributed by atoms with Gasteiger partial charge in [-0.1, -0.05) is 24.3 Å². The molecule has 84 valence electrons. The van der Waals surface area contributed by atoms with Gasteiger partial charge in [0.1, 0.15) is 5.75 Å². The van der Waals surface area contributed by atoms with Gasteiger partial charge in [-0.15, -0.1) is 5.10 Å². The molecule has 3 rings (SSSR count). The highest BCUT2D eigenvalue weighted by Crippen LogP contribution is 2.32. The fourth-order valence-corrected chi connectivity index (χ4v) is 1.87. The highest BCUT2D eigenvalue weighted by atomic mass is 32.1. The van der Waals surface area contributed by atoms with Crippen LogP contribution in [0.25, 0.3) is 22.2 Å². The van der Waals surface area contributed by atoms with Crippen LogP contribution in [0.5, 0.6) is 5.75 Å². The van der Waals surface area contributed by atoms with E-state index in [1.54, 1.807) is 6.07 Å². The summed E-state index contributed by atoms with van der Waals surface area (Å²) in [4.78, 5) is 0.188. The topological polar surface area (TPSA) is 62.1 Å². The number of nitrogens with zero attached hydrogens (tertiary/aromatic N) is 1. The van der Waals surface area contributed by atoms with Gasteiger partial charge in [0, 0.05) is 0 Å². The number of hydrogen-bond donors (Lipinski definition) is 2. The Kier molecular flexibility index (Phi) is 2.19. The van der Waals surface area contributed by atoms with Gasteiger partial charge in [-0.2, -0.15) is 0 Å². The van der Waals surface area contributed by atoms with Gasteiger partial charge < -0.3 is 9.52 Å². The fraction of sp³-hybridized carbons (Fsp3) is 0. The average Bonchev–Trinajstić information content (AvgIpc) is 2.75. The van der Waals surface area contributed by atoms with Crippen molar-refractivity contribution in [2.75, 3.05) is 0 Å². The van der Waals surface area contributed by atoms with E-state index in [1.807, 2.05) is 30.3 Å². The number of H-pyrrole nitrogens is 1. The summed E-state index contributed by atoms with van der Waals surface area (Å²) in [5.74, 6) is 0.409. The second-order valence-electron chi connectivity index (χ2n) is 3.63. The summed E-state index contributed by atoms with van der Waals surface area (Å²) in [6, 6.07) is 11.2. The summed E-state index contributed by atoms with van der Waals surface area (Å²) in [6.45, 7) is 0. The molecule has 4 nitrogen and oxygen atoms in total. The Labute approximate surface area is 102 Å². The lowest BCUT2D eigenvalue weighted by atomic mass is 10.1. The van der Waals surface area contributed by atoms with Crippen molar-refractivity contribution in [2.24, 2.45) is 0 Å². The van der Waals surface area contributed by atoms with E-state index in [2.05, 4.69) is 10.2 Å². The van der Waals surface area contributed by atoms with E-state index in [0.29, 0.717) is 11.5 Å². The number of aromatic amines is 1. The first-order valence-electron chi connectivity index (χ1n) is 5.02. The normalized spacial score (nSPS) is 10.8. The second-order valence-corrected chi connectivity index (χ2v) is 4.01. The summed E-state index contributed by atoms with van der Waals surface area (Å²) < 4.78 is 5.19. The van der Waals surface area contributed by atoms with Gasteiger partial charge in [0.25, 0.3) is 4.84 Å². The number of nitrogens with one attached hydrogen (secondary N) is 1. The summed E-state index contributed by atoms with van der Waals surface area (Å²) in [5.41, 5.74) is 0.524. The zero-order valence-electron chi connectivity index (χ0n) is 8.68.